The molecule has 1 aliphatic rings. The van der Waals surface area contributed by atoms with Gasteiger partial charge < -0.3 is 14.8 Å². The Morgan fingerprint density at radius 1 is 1.43 bits per heavy atom. The van der Waals surface area contributed by atoms with Crippen LogP contribution in [0.25, 0.3) is 0 Å². The van der Waals surface area contributed by atoms with Gasteiger partial charge in [0, 0.05) is 5.69 Å². The van der Waals surface area contributed by atoms with Crippen molar-refractivity contribution in [3.8, 4) is 0 Å². The molecule has 1 atom stereocenters. The number of imide groups is 1. The Kier molecular flexibility index (Phi) is 4.59. The molecular formula is C15H20N2O4. The van der Waals surface area contributed by atoms with E-state index in [0.29, 0.717) is 12.1 Å². The van der Waals surface area contributed by atoms with Crippen molar-refractivity contribution in [1.29, 1.82) is 0 Å². The van der Waals surface area contributed by atoms with Crippen LogP contribution >= 0.6 is 0 Å². The lowest BCUT2D eigenvalue weighted by molar-refractivity contribution is -0.122. The van der Waals surface area contributed by atoms with Crippen LogP contribution in [0.3, 0.4) is 0 Å². The summed E-state index contributed by atoms with van der Waals surface area (Å²) in [5.41, 5.74) is 1.71. The zero-order valence-corrected chi connectivity index (χ0v) is 12.5. The number of hydrogen-bond donors (Lipinski definition) is 1. The fourth-order valence-electron chi connectivity index (χ4n) is 1.98. The van der Waals surface area contributed by atoms with Crippen molar-refractivity contribution in [3.05, 3.63) is 29.8 Å². The number of amides is 3. The summed E-state index contributed by atoms with van der Waals surface area (Å²) in [7, 11) is 0. The van der Waals surface area contributed by atoms with E-state index in [1.807, 2.05) is 18.2 Å². The third-order valence-electron chi connectivity index (χ3n) is 3.24. The van der Waals surface area contributed by atoms with Crippen molar-refractivity contribution in [2.75, 3.05) is 18.7 Å². The molecule has 0 bridgehead atoms. The number of hydrogen-bond acceptors (Lipinski definition) is 4. The van der Waals surface area contributed by atoms with Gasteiger partial charge in [-0.1, -0.05) is 32.9 Å². The minimum atomic E-state index is -0.673. The maximum atomic E-state index is 12.1. The Hall–Kier alpha value is -1.92. The molecule has 1 N–H and O–H groups in total. The first kappa shape index (κ1) is 15.5. The van der Waals surface area contributed by atoms with E-state index in [1.54, 1.807) is 6.07 Å². The predicted octanol–water partition coefficient (Wildman–Crippen LogP) is 2.30. The van der Waals surface area contributed by atoms with Crippen molar-refractivity contribution in [2.24, 2.45) is 0 Å². The van der Waals surface area contributed by atoms with Gasteiger partial charge in [-0.05, 0) is 23.1 Å². The van der Waals surface area contributed by atoms with Crippen LogP contribution in [0.2, 0.25) is 0 Å². The van der Waals surface area contributed by atoms with Crippen molar-refractivity contribution in [2.45, 2.75) is 32.4 Å². The number of benzene rings is 1. The molecule has 6 nitrogen and oxygen atoms in total. The number of anilines is 1. The molecule has 1 fully saturated rings. The first-order valence-corrected chi connectivity index (χ1v) is 6.76. The summed E-state index contributed by atoms with van der Waals surface area (Å²) in [5.74, 6) is 0. The van der Waals surface area contributed by atoms with Crippen molar-refractivity contribution in [1.82, 2.24) is 4.90 Å². The maximum Gasteiger partial charge on any atom is 0.330 e. The number of ether oxygens (including phenoxy) is 2. The quantitative estimate of drug-likeness (QED) is 0.868. The molecule has 1 saturated heterocycles. The summed E-state index contributed by atoms with van der Waals surface area (Å²) in [5, 5.41) is 2.70. The molecule has 2 rings (SSSR count). The second-order valence-electron chi connectivity index (χ2n) is 5.88. The lowest BCUT2D eigenvalue weighted by Crippen LogP contribution is -2.43. The average molecular weight is 292 g/mol. The van der Waals surface area contributed by atoms with E-state index in [-0.39, 0.29) is 18.8 Å². The van der Waals surface area contributed by atoms with Gasteiger partial charge in [-0.15, -0.1) is 0 Å². The highest BCUT2D eigenvalue weighted by atomic mass is 16.7. The molecule has 3 amide bonds. The molecule has 1 aliphatic heterocycles. The van der Waals surface area contributed by atoms with E-state index in [1.165, 1.54) is 0 Å². The Morgan fingerprint density at radius 2 is 2.19 bits per heavy atom. The average Bonchev–Trinajstić information content (AvgIpc) is 2.93. The van der Waals surface area contributed by atoms with Crippen LogP contribution < -0.4 is 5.32 Å². The maximum absolute atomic E-state index is 12.1. The second kappa shape index (κ2) is 6.24. The summed E-state index contributed by atoms with van der Waals surface area (Å²) in [6, 6.07) is 7.01. The molecule has 0 saturated carbocycles. The van der Waals surface area contributed by atoms with Crippen LogP contribution in [0.5, 0.6) is 0 Å². The molecule has 1 aromatic carbocycles. The highest BCUT2D eigenvalue weighted by Gasteiger charge is 2.28. The zero-order chi connectivity index (χ0) is 15.5. The van der Waals surface area contributed by atoms with Gasteiger partial charge in [-0.2, -0.15) is 0 Å². The first-order chi connectivity index (χ1) is 9.91. The number of rotatable bonds is 3. The number of nitrogens with one attached hydrogen (secondary N) is 1. The van der Waals surface area contributed by atoms with Crippen LogP contribution in [0.1, 0.15) is 26.3 Å². The van der Waals surface area contributed by atoms with Crippen LogP contribution in [0.4, 0.5) is 10.5 Å². The Balaban J connectivity index is 2.09. The van der Waals surface area contributed by atoms with Gasteiger partial charge in [0.25, 0.3) is 0 Å². The summed E-state index contributed by atoms with van der Waals surface area (Å²) in [6.07, 6.45) is -0.226. The molecule has 0 aliphatic carbocycles. The van der Waals surface area contributed by atoms with Crippen molar-refractivity contribution >= 4 is 18.1 Å². The van der Waals surface area contributed by atoms with Crippen molar-refractivity contribution in [3.63, 3.8) is 0 Å². The zero-order valence-electron chi connectivity index (χ0n) is 12.5. The van der Waals surface area contributed by atoms with Gasteiger partial charge in [0.1, 0.15) is 6.79 Å². The number of urea groups is 1. The summed E-state index contributed by atoms with van der Waals surface area (Å²) < 4.78 is 10.2. The van der Waals surface area contributed by atoms with Gasteiger partial charge in [0.2, 0.25) is 6.41 Å². The highest BCUT2D eigenvalue weighted by molar-refractivity contribution is 5.95. The molecule has 1 heterocycles. The molecule has 21 heavy (non-hydrogen) atoms. The normalized spacial score (nSPS) is 18.3. The van der Waals surface area contributed by atoms with E-state index in [4.69, 9.17) is 9.47 Å². The third kappa shape index (κ3) is 3.80. The minimum absolute atomic E-state index is 0.0203. The monoisotopic (exact) mass is 292 g/mol. The largest absolute Gasteiger partial charge is 0.351 e. The molecule has 0 spiro atoms. The van der Waals surface area contributed by atoms with Crippen LogP contribution in [-0.2, 0) is 19.7 Å². The molecule has 114 valence electrons. The second-order valence-corrected chi connectivity index (χ2v) is 5.88. The van der Waals surface area contributed by atoms with E-state index in [2.05, 4.69) is 26.1 Å². The Bertz CT molecular complexity index is 519. The van der Waals surface area contributed by atoms with Crippen LogP contribution in [0, 0.1) is 0 Å². The Labute approximate surface area is 124 Å². The molecule has 0 aromatic heterocycles. The number of carbonyl (C=O) groups is 2. The standard InChI is InChI=1S/C15H20N2O4/c1-15(2,3)11-5-4-6-12(7-11)16-14(19)17(9-18)13-8-20-10-21-13/h4-7,9,13H,8,10H2,1-3H3,(H,16,19). The lowest BCUT2D eigenvalue weighted by atomic mass is 9.87. The summed E-state index contributed by atoms with van der Waals surface area (Å²) in [6.45, 7) is 6.55. The fraction of sp³-hybridized carbons (Fsp3) is 0.467. The van der Waals surface area contributed by atoms with E-state index >= 15 is 0 Å². The smallest absolute Gasteiger partial charge is 0.330 e. The molecule has 6 heteroatoms. The highest BCUT2D eigenvalue weighted by Crippen LogP contribution is 2.24. The topological polar surface area (TPSA) is 67.9 Å². The summed E-state index contributed by atoms with van der Waals surface area (Å²) >= 11 is 0. The van der Waals surface area contributed by atoms with Gasteiger partial charge in [-0.25, -0.2) is 9.69 Å². The van der Waals surface area contributed by atoms with Crippen LogP contribution in [-0.4, -0.2) is 37.0 Å². The molecule has 0 radical (unpaired) electrons. The van der Waals surface area contributed by atoms with Gasteiger partial charge in [0.15, 0.2) is 6.23 Å². The molecular weight excluding hydrogens is 272 g/mol. The number of carbonyl (C=O) groups excluding carboxylic acids is 2. The van der Waals surface area contributed by atoms with Crippen LogP contribution in [0.15, 0.2) is 24.3 Å². The minimum Gasteiger partial charge on any atom is -0.351 e. The van der Waals surface area contributed by atoms with E-state index in [9.17, 15) is 9.59 Å². The molecule has 1 aromatic rings. The van der Waals surface area contributed by atoms with E-state index in [0.717, 1.165) is 10.5 Å². The number of nitrogens with zero attached hydrogens (tertiary/aromatic N) is 1. The van der Waals surface area contributed by atoms with E-state index < -0.39 is 12.3 Å². The van der Waals surface area contributed by atoms with Crippen molar-refractivity contribution < 1.29 is 19.1 Å². The van der Waals surface area contributed by atoms with Gasteiger partial charge >= 0.3 is 6.03 Å². The lowest BCUT2D eigenvalue weighted by Gasteiger charge is -2.22. The first-order valence-electron chi connectivity index (χ1n) is 6.76. The Morgan fingerprint density at radius 3 is 2.76 bits per heavy atom. The SMILES string of the molecule is CC(C)(C)c1cccc(NC(=O)N(C=O)C2COCO2)c1. The third-order valence-corrected chi connectivity index (χ3v) is 3.24. The summed E-state index contributed by atoms with van der Waals surface area (Å²) in [4.78, 5) is 24.2. The van der Waals surface area contributed by atoms with Gasteiger partial charge in [-0.3, -0.25) is 4.79 Å². The van der Waals surface area contributed by atoms with Gasteiger partial charge in [0.05, 0.1) is 6.61 Å². The fourth-order valence-corrected chi connectivity index (χ4v) is 1.98. The predicted molar refractivity (Wildman–Crippen MR) is 77.8 cm³/mol. The molecule has 1 unspecified atom stereocenters.